The van der Waals surface area contributed by atoms with Gasteiger partial charge in [-0.15, -0.1) is 0 Å². The maximum Gasteiger partial charge on any atom is 0.257 e. The maximum atomic E-state index is 12.4. The minimum absolute atomic E-state index is 0.0501. The van der Waals surface area contributed by atoms with Crippen LogP contribution in [0.15, 0.2) is 12.4 Å². The monoisotopic (exact) mass is 378 g/mol. The summed E-state index contributed by atoms with van der Waals surface area (Å²) in [5, 5.41) is 6.87. The van der Waals surface area contributed by atoms with Crippen molar-refractivity contribution in [1.29, 1.82) is 0 Å². The van der Waals surface area contributed by atoms with Crippen LogP contribution < -0.4 is 10.2 Å². The number of alkyl halides is 2. The molecule has 0 saturated carbocycles. The number of rotatable bonds is 6. The van der Waals surface area contributed by atoms with Gasteiger partial charge in [0.15, 0.2) is 5.82 Å². The Kier molecular flexibility index (Phi) is 5.38. The molecule has 1 amide bonds. The van der Waals surface area contributed by atoms with Gasteiger partial charge in [0.2, 0.25) is 5.91 Å². The average molecular weight is 378 g/mol. The summed E-state index contributed by atoms with van der Waals surface area (Å²) >= 11 is 0. The minimum Gasteiger partial charge on any atom is -0.346 e. The van der Waals surface area contributed by atoms with E-state index in [1.165, 1.54) is 4.68 Å². The van der Waals surface area contributed by atoms with E-state index in [0.29, 0.717) is 35.9 Å². The largest absolute Gasteiger partial charge is 0.346 e. The van der Waals surface area contributed by atoms with Crippen molar-refractivity contribution >= 4 is 17.4 Å². The van der Waals surface area contributed by atoms with E-state index in [0.717, 1.165) is 5.56 Å². The molecule has 3 heterocycles. The van der Waals surface area contributed by atoms with Crippen molar-refractivity contribution in [3.05, 3.63) is 29.5 Å². The smallest absolute Gasteiger partial charge is 0.257 e. The topological polar surface area (TPSA) is 75.9 Å². The number of anilines is 2. The number of carbonyl (C=O) groups is 1. The van der Waals surface area contributed by atoms with E-state index in [1.807, 2.05) is 32.7 Å². The molecule has 3 rings (SSSR count). The molecule has 1 N–H and O–H groups in total. The van der Waals surface area contributed by atoms with Gasteiger partial charge < -0.3 is 10.2 Å². The molecule has 0 fully saturated rings. The number of hydrogen-bond acceptors (Lipinski definition) is 5. The first-order valence-electron chi connectivity index (χ1n) is 8.97. The molecular formula is C18H24F2N6O. The lowest BCUT2D eigenvalue weighted by Gasteiger charge is -2.36. The molecule has 0 radical (unpaired) electrons. The van der Waals surface area contributed by atoms with Gasteiger partial charge in [0, 0.05) is 19.7 Å². The minimum atomic E-state index is -2.43. The quantitative estimate of drug-likeness (QED) is 0.836. The van der Waals surface area contributed by atoms with Crippen LogP contribution in [0.1, 0.15) is 30.9 Å². The van der Waals surface area contributed by atoms with Crippen molar-refractivity contribution in [2.45, 2.75) is 52.6 Å². The molecule has 2 aromatic heterocycles. The summed E-state index contributed by atoms with van der Waals surface area (Å²) in [5.41, 5.74) is 2.22. The lowest BCUT2D eigenvalue weighted by molar-refractivity contribution is -0.118. The average Bonchev–Trinajstić information content (AvgIpc) is 3.00. The third-order valence-electron chi connectivity index (χ3n) is 4.67. The number of aromatic nitrogens is 4. The van der Waals surface area contributed by atoms with Gasteiger partial charge in [-0.2, -0.15) is 5.10 Å². The number of nitrogens with zero attached hydrogens (tertiary/aromatic N) is 5. The maximum absolute atomic E-state index is 12.4. The fourth-order valence-electron chi connectivity index (χ4n) is 3.42. The second-order valence-corrected chi connectivity index (χ2v) is 7.17. The van der Waals surface area contributed by atoms with E-state index in [2.05, 4.69) is 20.4 Å². The Labute approximate surface area is 156 Å². The second-order valence-electron chi connectivity index (χ2n) is 7.17. The third-order valence-corrected chi connectivity index (χ3v) is 4.67. The first-order valence-corrected chi connectivity index (χ1v) is 8.97. The summed E-state index contributed by atoms with van der Waals surface area (Å²) in [4.78, 5) is 23.4. The van der Waals surface area contributed by atoms with Gasteiger partial charge in [-0.3, -0.25) is 9.48 Å². The molecule has 0 aliphatic carbocycles. The number of hydrogen-bond donors (Lipinski definition) is 1. The molecule has 0 spiro atoms. The number of nitrogens with one attached hydrogen (secondary N) is 1. The molecule has 0 aromatic carbocycles. The first-order chi connectivity index (χ1) is 12.8. The van der Waals surface area contributed by atoms with E-state index in [4.69, 9.17) is 0 Å². The summed E-state index contributed by atoms with van der Waals surface area (Å²) in [6.45, 7) is 5.43. The fraction of sp³-hybridized carbons (Fsp3) is 0.556. The van der Waals surface area contributed by atoms with E-state index in [1.54, 1.807) is 12.4 Å². The normalized spacial score (nSPS) is 16.8. The fourth-order valence-corrected chi connectivity index (χ4v) is 3.42. The molecule has 1 aliphatic rings. The number of likely N-dealkylation sites (N-methyl/N-ethyl adjacent to an activating group) is 1. The molecule has 0 saturated heterocycles. The van der Waals surface area contributed by atoms with Crippen molar-refractivity contribution < 1.29 is 13.6 Å². The Morgan fingerprint density at radius 3 is 2.67 bits per heavy atom. The number of halogens is 2. The number of aryl methyl sites for hydroxylation is 3. The summed E-state index contributed by atoms with van der Waals surface area (Å²) in [6, 6.07) is -0.285. The van der Waals surface area contributed by atoms with Gasteiger partial charge in [0.1, 0.15) is 24.1 Å². The Hall–Kier alpha value is -2.58. The highest BCUT2D eigenvalue weighted by molar-refractivity contribution is 6.03. The summed E-state index contributed by atoms with van der Waals surface area (Å²) in [7, 11) is 1.87. The van der Waals surface area contributed by atoms with Gasteiger partial charge in [-0.05, 0) is 24.8 Å². The van der Waals surface area contributed by atoms with Crippen LogP contribution in [0.3, 0.4) is 0 Å². The highest BCUT2D eigenvalue weighted by atomic mass is 19.3. The van der Waals surface area contributed by atoms with Crippen LogP contribution >= 0.6 is 0 Å². The lowest BCUT2D eigenvalue weighted by Crippen LogP contribution is -2.49. The van der Waals surface area contributed by atoms with Crippen molar-refractivity contribution in [2.75, 3.05) is 17.3 Å². The molecule has 1 atom stereocenters. The Balaban J connectivity index is 1.77. The second kappa shape index (κ2) is 7.58. The molecule has 9 heteroatoms. The highest BCUT2D eigenvalue weighted by Gasteiger charge is 2.35. The van der Waals surface area contributed by atoms with E-state index in [-0.39, 0.29) is 17.9 Å². The summed E-state index contributed by atoms with van der Waals surface area (Å²) in [6.07, 6.45) is 1.95. The number of amides is 1. The van der Waals surface area contributed by atoms with Crippen LogP contribution in [-0.2, 0) is 24.2 Å². The molecule has 27 heavy (non-hydrogen) atoms. The molecular weight excluding hydrogens is 354 g/mol. The van der Waals surface area contributed by atoms with Gasteiger partial charge in [0.05, 0.1) is 11.9 Å². The molecule has 0 unspecified atom stereocenters. The SMILES string of the molecule is Cc1nc(CCc2cnn(CC(F)F)c2)nc2c1NC(=O)[C@H](C(C)C)N2C. The van der Waals surface area contributed by atoms with Crippen LogP contribution in [0.5, 0.6) is 0 Å². The van der Waals surface area contributed by atoms with Crippen LogP contribution in [0.4, 0.5) is 20.3 Å². The molecule has 0 bridgehead atoms. The molecule has 2 aromatic rings. The zero-order chi connectivity index (χ0) is 19.7. The number of carbonyl (C=O) groups excluding carboxylic acids is 1. The van der Waals surface area contributed by atoms with Crippen molar-refractivity contribution in [3.63, 3.8) is 0 Å². The highest BCUT2D eigenvalue weighted by Crippen LogP contribution is 2.33. The van der Waals surface area contributed by atoms with Crippen LogP contribution in [0.25, 0.3) is 0 Å². The van der Waals surface area contributed by atoms with Gasteiger partial charge in [-0.25, -0.2) is 18.7 Å². The van der Waals surface area contributed by atoms with Crippen LogP contribution in [0.2, 0.25) is 0 Å². The zero-order valence-corrected chi connectivity index (χ0v) is 15.9. The Bertz CT molecular complexity index is 835. The predicted molar refractivity (Wildman–Crippen MR) is 98.1 cm³/mol. The molecule has 1 aliphatic heterocycles. The van der Waals surface area contributed by atoms with Gasteiger partial charge in [-0.1, -0.05) is 13.8 Å². The predicted octanol–water partition coefficient (Wildman–Crippen LogP) is 2.44. The van der Waals surface area contributed by atoms with Crippen molar-refractivity contribution in [1.82, 2.24) is 19.7 Å². The van der Waals surface area contributed by atoms with E-state index < -0.39 is 13.0 Å². The standard InChI is InChI=1S/C18H24F2N6O/c1-10(2)16-18(27)24-15-11(3)22-14(23-17(15)25(16)4)6-5-12-7-21-26(8-12)9-13(19)20/h7-8,10,13,16H,5-6,9H2,1-4H3,(H,24,27)/t16-/m0/s1. The lowest BCUT2D eigenvalue weighted by atomic mass is 9.99. The Morgan fingerprint density at radius 1 is 1.26 bits per heavy atom. The summed E-state index contributed by atoms with van der Waals surface area (Å²) in [5.74, 6) is 1.45. The summed E-state index contributed by atoms with van der Waals surface area (Å²) < 4.78 is 26.1. The van der Waals surface area contributed by atoms with E-state index >= 15 is 0 Å². The van der Waals surface area contributed by atoms with Gasteiger partial charge in [0.25, 0.3) is 6.43 Å². The van der Waals surface area contributed by atoms with Crippen molar-refractivity contribution in [3.8, 4) is 0 Å². The van der Waals surface area contributed by atoms with Crippen LogP contribution in [0, 0.1) is 12.8 Å². The van der Waals surface area contributed by atoms with Crippen molar-refractivity contribution in [2.24, 2.45) is 5.92 Å². The molecule has 146 valence electrons. The number of fused-ring (bicyclic) bond motifs is 1. The van der Waals surface area contributed by atoms with E-state index in [9.17, 15) is 13.6 Å². The zero-order valence-electron chi connectivity index (χ0n) is 15.9. The first kappa shape index (κ1) is 19.2. The molecule has 7 nitrogen and oxygen atoms in total. The Morgan fingerprint density at radius 2 is 2.00 bits per heavy atom. The van der Waals surface area contributed by atoms with Gasteiger partial charge >= 0.3 is 0 Å². The van der Waals surface area contributed by atoms with Crippen LogP contribution in [-0.4, -0.2) is 45.2 Å². The third kappa shape index (κ3) is 4.06.